The lowest BCUT2D eigenvalue weighted by Crippen LogP contribution is -2.14. The topological polar surface area (TPSA) is 58.7 Å². The Labute approximate surface area is 133 Å². The van der Waals surface area contributed by atoms with Gasteiger partial charge in [0.25, 0.3) is 5.91 Å². The molecule has 5 heteroatoms. The molecule has 22 heavy (non-hydrogen) atoms. The van der Waals surface area contributed by atoms with Crippen LogP contribution in [0.5, 0.6) is 0 Å². The molecule has 1 saturated heterocycles. The molecule has 2 unspecified atom stereocenters. The molecule has 1 aliphatic rings. The van der Waals surface area contributed by atoms with Crippen molar-refractivity contribution in [3.63, 3.8) is 0 Å². The van der Waals surface area contributed by atoms with Gasteiger partial charge in [0.05, 0.1) is 10.7 Å². The van der Waals surface area contributed by atoms with Crippen LogP contribution in [0.15, 0.2) is 48.5 Å². The summed E-state index contributed by atoms with van der Waals surface area (Å²) in [6.07, 6.45) is -0.798. The number of carbonyl (C=O) groups is 2. The van der Waals surface area contributed by atoms with Gasteiger partial charge in [0.2, 0.25) is 0 Å². The minimum absolute atomic E-state index is 0.0367. The third kappa shape index (κ3) is 2.89. The summed E-state index contributed by atoms with van der Waals surface area (Å²) < 4.78 is 5.39. The largest absolute Gasteiger partial charge is 0.356 e. The minimum Gasteiger partial charge on any atom is -0.356 e. The molecule has 2 aromatic rings. The van der Waals surface area contributed by atoms with Gasteiger partial charge < -0.3 is 10.1 Å². The smallest absolute Gasteiger partial charge is 0.255 e. The van der Waals surface area contributed by atoms with Gasteiger partial charge in [0, 0.05) is 11.1 Å². The Morgan fingerprint density at radius 2 is 1.82 bits per heavy atom. The monoisotopic (exact) mass is 315 g/mol. The van der Waals surface area contributed by atoms with Gasteiger partial charge in [0.1, 0.15) is 12.2 Å². The van der Waals surface area contributed by atoms with Crippen LogP contribution in [0.1, 0.15) is 28.9 Å². The molecule has 1 N–H and O–H groups in total. The zero-order valence-corrected chi connectivity index (χ0v) is 12.6. The van der Waals surface area contributed by atoms with E-state index in [1.807, 2.05) is 6.07 Å². The molecule has 0 saturated carbocycles. The van der Waals surface area contributed by atoms with Crippen molar-refractivity contribution in [2.75, 3.05) is 5.32 Å². The first-order valence-corrected chi connectivity index (χ1v) is 7.26. The van der Waals surface area contributed by atoms with Crippen LogP contribution in [0.25, 0.3) is 0 Å². The number of halogens is 1. The van der Waals surface area contributed by atoms with Gasteiger partial charge in [0.15, 0.2) is 5.78 Å². The van der Waals surface area contributed by atoms with Crippen molar-refractivity contribution in [1.82, 2.24) is 0 Å². The average molecular weight is 316 g/mol. The van der Waals surface area contributed by atoms with Crippen molar-refractivity contribution in [3.05, 3.63) is 64.7 Å². The van der Waals surface area contributed by atoms with Gasteiger partial charge in [-0.3, -0.25) is 9.59 Å². The summed E-state index contributed by atoms with van der Waals surface area (Å²) in [4.78, 5) is 23.7. The molecule has 4 nitrogen and oxygen atoms in total. The van der Waals surface area contributed by atoms with Crippen molar-refractivity contribution >= 4 is 29.0 Å². The van der Waals surface area contributed by atoms with Gasteiger partial charge >= 0.3 is 0 Å². The van der Waals surface area contributed by atoms with Crippen molar-refractivity contribution in [1.29, 1.82) is 0 Å². The molecule has 1 heterocycles. The highest BCUT2D eigenvalue weighted by atomic mass is 35.5. The Hall–Kier alpha value is -2.17. The Bertz CT molecular complexity index is 730. The quantitative estimate of drug-likeness (QED) is 0.877. The zero-order chi connectivity index (χ0) is 15.7. The molecular weight excluding hydrogens is 302 g/mol. The molecule has 0 aromatic heterocycles. The number of para-hydroxylation sites is 1. The van der Waals surface area contributed by atoms with E-state index in [4.69, 9.17) is 16.3 Å². The van der Waals surface area contributed by atoms with Crippen LogP contribution in [-0.2, 0) is 9.53 Å². The summed E-state index contributed by atoms with van der Waals surface area (Å²) in [5, 5.41) is 3.23. The van der Waals surface area contributed by atoms with Gasteiger partial charge in [-0.1, -0.05) is 41.9 Å². The number of ketones is 1. The van der Waals surface area contributed by atoms with Crippen molar-refractivity contribution in [2.45, 2.75) is 19.1 Å². The molecular formula is C17H14ClNO3. The second-order valence-corrected chi connectivity index (χ2v) is 5.52. The van der Waals surface area contributed by atoms with Gasteiger partial charge in [-0.2, -0.15) is 0 Å². The van der Waals surface area contributed by atoms with E-state index in [2.05, 4.69) is 5.32 Å². The highest BCUT2D eigenvalue weighted by molar-refractivity contribution is 6.34. The fourth-order valence-corrected chi connectivity index (χ4v) is 2.57. The number of nitrogens with one attached hydrogen (secondary N) is 1. The molecule has 1 aliphatic heterocycles. The zero-order valence-electron chi connectivity index (χ0n) is 11.9. The molecule has 0 aliphatic carbocycles. The summed E-state index contributed by atoms with van der Waals surface area (Å²) >= 11 is 6.20. The maximum absolute atomic E-state index is 12.3. The van der Waals surface area contributed by atoms with E-state index in [1.54, 1.807) is 42.5 Å². The van der Waals surface area contributed by atoms with E-state index in [1.165, 1.54) is 6.92 Å². The average Bonchev–Trinajstić information content (AvgIpc) is 3.30. The van der Waals surface area contributed by atoms with Crippen molar-refractivity contribution in [2.24, 2.45) is 0 Å². The predicted octanol–water partition coefficient (Wildman–Crippen LogP) is 3.62. The normalized spacial score (nSPS) is 19.5. The number of ether oxygens (including phenoxy) is 1. The number of carbonyl (C=O) groups excluding carboxylic acids is 2. The fraction of sp³-hybridized carbons (Fsp3) is 0.176. The van der Waals surface area contributed by atoms with Crippen molar-refractivity contribution in [3.8, 4) is 0 Å². The number of epoxide rings is 1. The molecule has 2 aromatic carbocycles. The van der Waals surface area contributed by atoms with Gasteiger partial charge in [-0.25, -0.2) is 0 Å². The van der Waals surface area contributed by atoms with Crippen LogP contribution >= 0.6 is 11.6 Å². The number of hydrogen-bond donors (Lipinski definition) is 1. The Morgan fingerprint density at radius 3 is 2.45 bits per heavy atom. The van der Waals surface area contributed by atoms with Crippen LogP contribution in [0.4, 0.5) is 5.69 Å². The van der Waals surface area contributed by atoms with E-state index in [0.717, 1.165) is 5.56 Å². The number of anilines is 1. The molecule has 1 fully saturated rings. The Morgan fingerprint density at radius 1 is 1.09 bits per heavy atom. The number of Topliss-reactive ketones (excluding diaryl/α,β-unsaturated/α-hetero) is 1. The fourth-order valence-electron chi connectivity index (χ4n) is 2.34. The van der Waals surface area contributed by atoms with Gasteiger partial charge in [-0.15, -0.1) is 0 Å². The second-order valence-electron chi connectivity index (χ2n) is 5.11. The Kier molecular flexibility index (Phi) is 3.96. The van der Waals surface area contributed by atoms with Gasteiger partial charge in [-0.05, 0) is 25.1 Å². The summed E-state index contributed by atoms with van der Waals surface area (Å²) in [6, 6.07) is 14.1. The number of amides is 1. The Balaban J connectivity index is 1.88. The predicted molar refractivity (Wildman–Crippen MR) is 84.1 cm³/mol. The maximum atomic E-state index is 12.3. The van der Waals surface area contributed by atoms with Crippen molar-refractivity contribution < 1.29 is 14.3 Å². The number of hydrogen-bond acceptors (Lipinski definition) is 3. The first-order valence-electron chi connectivity index (χ1n) is 6.88. The number of rotatable bonds is 4. The van der Waals surface area contributed by atoms with E-state index >= 15 is 0 Å². The first kappa shape index (κ1) is 14.8. The molecule has 0 radical (unpaired) electrons. The molecule has 1 amide bonds. The first-order chi connectivity index (χ1) is 10.6. The lowest BCUT2D eigenvalue weighted by atomic mass is 10.1. The minimum atomic E-state index is -0.453. The van der Waals surface area contributed by atoms with Crippen LogP contribution < -0.4 is 5.32 Å². The summed E-state index contributed by atoms with van der Waals surface area (Å²) in [5.74, 6) is -0.291. The molecule has 112 valence electrons. The summed E-state index contributed by atoms with van der Waals surface area (Å²) in [7, 11) is 0. The summed E-state index contributed by atoms with van der Waals surface area (Å²) in [6.45, 7) is 1.48. The highest BCUT2D eigenvalue weighted by Gasteiger charge is 2.45. The molecule has 3 rings (SSSR count). The van der Waals surface area contributed by atoms with E-state index < -0.39 is 6.10 Å². The van der Waals surface area contributed by atoms with Crippen LogP contribution in [0.3, 0.4) is 0 Å². The SMILES string of the molecule is CC(=O)C1OC1c1cccc(Cl)c1NC(=O)c1ccccc1. The molecule has 2 atom stereocenters. The third-order valence-electron chi connectivity index (χ3n) is 3.52. The number of benzene rings is 2. The maximum Gasteiger partial charge on any atom is 0.255 e. The van der Waals surface area contributed by atoms with E-state index in [9.17, 15) is 9.59 Å². The lowest BCUT2D eigenvalue weighted by molar-refractivity contribution is -0.118. The lowest BCUT2D eigenvalue weighted by Gasteiger charge is -2.11. The van der Waals surface area contributed by atoms with Crippen LogP contribution in [-0.4, -0.2) is 17.8 Å². The molecule has 0 spiro atoms. The van der Waals surface area contributed by atoms with E-state index in [0.29, 0.717) is 16.3 Å². The third-order valence-corrected chi connectivity index (χ3v) is 3.83. The van der Waals surface area contributed by atoms with Crippen LogP contribution in [0.2, 0.25) is 5.02 Å². The van der Waals surface area contributed by atoms with Crippen LogP contribution in [0, 0.1) is 0 Å². The second kappa shape index (κ2) is 5.91. The molecule has 0 bridgehead atoms. The summed E-state index contributed by atoms with van der Waals surface area (Å²) in [5.41, 5.74) is 1.75. The highest BCUT2D eigenvalue weighted by Crippen LogP contribution is 2.44. The standard InChI is InChI=1S/C17H14ClNO3/c1-10(20)15-16(22-15)12-8-5-9-13(18)14(12)19-17(21)11-6-3-2-4-7-11/h2-9,15-16H,1H3,(H,19,21). The van der Waals surface area contributed by atoms with E-state index in [-0.39, 0.29) is 17.8 Å².